The molecule has 1 aromatic rings. The van der Waals surface area contributed by atoms with Crippen LogP contribution >= 0.6 is 0 Å². The maximum Gasteiger partial charge on any atom is 0.0560 e. The fraction of sp³-hybridized carbons (Fsp3) is 0.500. The second-order valence-electron chi connectivity index (χ2n) is 4.36. The first-order valence-corrected chi connectivity index (χ1v) is 5.07. The summed E-state index contributed by atoms with van der Waals surface area (Å²) < 4.78 is 5.25. The van der Waals surface area contributed by atoms with Crippen molar-refractivity contribution in [2.45, 2.75) is 13.3 Å². The van der Waals surface area contributed by atoms with Crippen molar-refractivity contribution in [2.75, 3.05) is 19.8 Å². The first-order valence-electron chi connectivity index (χ1n) is 5.07. The Morgan fingerprint density at radius 2 is 2.21 bits per heavy atom. The van der Waals surface area contributed by atoms with Gasteiger partial charge in [-0.15, -0.1) is 0 Å². The predicted octanol–water partition coefficient (Wildman–Crippen LogP) is 1.51. The Bertz CT molecular complexity index is 312. The zero-order chi connectivity index (χ0) is 10.0. The third kappa shape index (κ3) is 1.81. The van der Waals surface area contributed by atoms with E-state index in [4.69, 9.17) is 10.5 Å². The molecule has 0 saturated carbocycles. The number of nitrogens with two attached hydrogens (primary N) is 1. The van der Waals surface area contributed by atoms with Crippen LogP contribution in [0.4, 0.5) is 0 Å². The van der Waals surface area contributed by atoms with Crippen molar-refractivity contribution in [3.8, 4) is 0 Å². The van der Waals surface area contributed by atoms with Gasteiger partial charge in [-0.25, -0.2) is 0 Å². The van der Waals surface area contributed by atoms with E-state index in [1.807, 2.05) is 0 Å². The van der Waals surface area contributed by atoms with E-state index in [1.54, 1.807) is 0 Å². The molecule has 0 atom stereocenters. The van der Waals surface area contributed by atoms with Crippen LogP contribution in [0.15, 0.2) is 24.3 Å². The third-order valence-electron chi connectivity index (χ3n) is 2.91. The lowest BCUT2D eigenvalue weighted by Crippen LogP contribution is -2.49. The fourth-order valence-electron chi connectivity index (χ4n) is 1.94. The number of benzene rings is 1. The second-order valence-corrected chi connectivity index (χ2v) is 4.36. The van der Waals surface area contributed by atoms with Crippen molar-refractivity contribution >= 4 is 0 Å². The predicted molar refractivity (Wildman–Crippen MR) is 57.2 cm³/mol. The van der Waals surface area contributed by atoms with Crippen LogP contribution in [0.25, 0.3) is 0 Å². The number of hydrogen-bond donors (Lipinski definition) is 1. The van der Waals surface area contributed by atoms with Gasteiger partial charge in [-0.3, -0.25) is 0 Å². The Morgan fingerprint density at radius 1 is 1.43 bits per heavy atom. The molecule has 1 aromatic carbocycles. The molecule has 1 aliphatic heterocycles. The summed E-state index contributed by atoms with van der Waals surface area (Å²) in [5, 5.41) is 0. The number of hydrogen-bond acceptors (Lipinski definition) is 2. The van der Waals surface area contributed by atoms with E-state index in [1.165, 1.54) is 11.1 Å². The Balaban J connectivity index is 2.09. The topological polar surface area (TPSA) is 35.2 Å². The minimum absolute atomic E-state index is 0.216. The average molecular weight is 191 g/mol. The summed E-state index contributed by atoms with van der Waals surface area (Å²) in [4.78, 5) is 0. The fourth-order valence-corrected chi connectivity index (χ4v) is 1.94. The summed E-state index contributed by atoms with van der Waals surface area (Å²) in [6.45, 7) is 4.48. The van der Waals surface area contributed by atoms with Gasteiger partial charge in [0.2, 0.25) is 0 Å². The van der Waals surface area contributed by atoms with Crippen molar-refractivity contribution < 1.29 is 4.74 Å². The van der Waals surface area contributed by atoms with Crippen LogP contribution < -0.4 is 5.73 Å². The van der Waals surface area contributed by atoms with Crippen molar-refractivity contribution in [1.29, 1.82) is 0 Å². The smallest absolute Gasteiger partial charge is 0.0560 e. The largest absolute Gasteiger partial charge is 0.380 e. The zero-order valence-corrected chi connectivity index (χ0v) is 8.62. The first-order chi connectivity index (χ1) is 6.74. The van der Waals surface area contributed by atoms with Gasteiger partial charge in [-0.2, -0.15) is 0 Å². The molecule has 1 heterocycles. The van der Waals surface area contributed by atoms with Crippen LogP contribution in [0.2, 0.25) is 0 Å². The summed E-state index contributed by atoms with van der Waals surface area (Å²) in [6.07, 6.45) is 1.05. The summed E-state index contributed by atoms with van der Waals surface area (Å²) in [7, 11) is 0. The highest BCUT2D eigenvalue weighted by Gasteiger charge is 2.37. The molecule has 0 bridgehead atoms. The quantitative estimate of drug-likeness (QED) is 0.786. The van der Waals surface area contributed by atoms with Gasteiger partial charge in [0.1, 0.15) is 0 Å². The molecule has 0 aliphatic carbocycles. The van der Waals surface area contributed by atoms with Crippen LogP contribution in [0.5, 0.6) is 0 Å². The Kier molecular flexibility index (Phi) is 2.57. The molecule has 2 heteroatoms. The molecule has 2 nitrogen and oxygen atoms in total. The van der Waals surface area contributed by atoms with Crippen molar-refractivity contribution in [3.05, 3.63) is 35.4 Å². The van der Waals surface area contributed by atoms with Crippen molar-refractivity contribution in [3.63, 3.8) is 0 Å². The minimum atomic E-state index is 0.216. The molecule has 14 heavy (non-hydrogen) atoms. The van der Waals surface area contributed by atoms with Gasteiger partial charge in [0, 0.05) is 12.0 Å². The highest BCUT2D eigenvalue weighted by atomic mass is 16.5. The van der Waals surface area contributed by atoms with Crippen LogP contribution in [-0.2, 0) is 11.2 Å². The molecule has 2 N–H and O–H groups in total. The molecule has 0 spiro atoms. The monoisotopic (exact) mass is 191 g/mol. The number of rotatable bonds is 3. The van der Waals surface area contributed by atoms with Gasteiger partial charge in [0.25, 0.3) is 0 Å². The molecule has 1 saturated heterocycles. The molecule has 1 aliphatic rings. The van der Waals surface area contributed by atoms with Gasteiger partial charge >= 0.3 is 0 Å². The van der Waals surface area contributed by atoms with E-state index < -0.39 is 0 Å². The van der Waals surface area contributed by atoms with Gasteiger partial charge in [-0.1, -0.05) is 29.8 Å². The van der Waals surface area contributed by atoms with E-state index in [0.717, 1.165) is 26.2 Å². The third-order valence-corrected chi connectivity index (χ3v) is 2.91. The molecular formula is C12H17NO. The first kappa shape index (κ1) is 9.69. The molecule has 0 amide bonds. The lowest BCUT2D eigenvalue weighted by molar-refractivity contribution is -0.106. The normalized spacial score (nSPS) is 19.0. The molecule has 0 radical (unpaired) electrons. The molecule has 1 fully saturated rings. The standard InChI is InChI=1S/C12H17NO/c1-10-3-2-4-11(5-10)6-12(7-13)8-14-9-12/h2-5H,6-9,13H2,1H3. The Morgan fingerprint density at radius 3 is 2.71 bits per heavy atom. The molecule has 0 aromatic heterocycles. The summed E-state index contributed by atoms with van der Waals surface area (Å²) in [5.41, 5.74) is 8.68. The Hall–Kier alpha value is -0.860. The van der Waals surface area contributed by atoms with Crippen molar-refractivity contribution in [1.82, 2.24) is 0 Å². The zero-order valence-electron chi connectivity index (χ0n) is 8.62. The maximum atomic E-state index is 5.77. The van der Waals surface area contributed by atoms with Gasteiger partial charge in [-0.05, 0) is 18.9 Å². The molecule has 2 rings (SSSR count). The van der Waals surface area contributed by atoms with Gasteiger partial charge in [0.15, 0.2) is 0 Å². The van der Waals surface area contributed by atoms with Crippen LogP contribution in [0.3, 0.4) is 0 Å². The molecule has 0 unspecified atom stereocenters. The summed E-state index contributed by atoms with van der Waals surface area (Å²) >= 11 is 0. The minimum Gasteiger partial charge on any atom is -0.380 e. The number of aryl methyl sites for hydroxylation is 1. The van der Waals surface area contributed by atoms with Gasteiger partial charge < -0.3 is 10.5 Å². The second kappa shape index (κ2) is 3.71. The van der Waals surface area contributed by atoms with Gasteiger partial charge in [0.05, 0.1) is 13.2 Å². The molecule has 76 valence electrons. The number of ether oxygens (including phenoxy) is 1. The Labute approximate surface area is 85.1 Å². The SMILES string of the molecule is Cc1cccc(CC2(CN)COC2)c1. The summed E-state index contributed by atoms with van der Waals surface area (Å²) in [5.74, 6) is 0. The van der Waals surface area contributed by atoms with E-state index in [0.29, 0.717) is 0 Å². The van der Waals surface area contributed by atoms with Crippen LogP contribution in [0.1, 0.15) is 11.1 Å². The van der Waals surface area contributed by atoms with Crippen LogP contribution in [0, 0.1) is 12.3 Å². The summed E-state index contributed by atoms with van der Waals surface area (Å²) in [6, 6.07) is 8.63. The van der Waals surface area contributed by atoms with E-state index in [-0.39, 0.29) is 5.41 Å². The lowest BCUT2D eigenvalue weighted by Gasteiger charge is -2.40. The van der Waals surface area contributed by atoms with Crippen molar-refractivity contribution in [2.24, 2.45) is 11.1 Å². The molecular weight excluding hydrogens is 174 g/mol. The van der Waals surface area contributed by atoms with E-state index >= 15 is 0 Å². The highest BCUT2D eigenvalue weighted by molar-refractivity contribution is 5.23. The maximum absolute atomic E-state index is 5.77. The van der Waals surface area contributed by atoms with E-state index in [9.17, 15) is 0 Å². The highest BCUT2D eigenvalue weighted by Crippen LogP contribution is 2.30. The lowest BCUT2D eigenvalue weighted by atomic mass is 9.80. The average Bonchev–Trinajstić information content (AvgIpc) is 2.11. The van der Waals surface area contributed by atoms with Crippen LogP contribution in [-0.4, -0.2) is 19.8 Å². The van der Waals surface area contributed by atoms with E-state index in [2.05, 4.69) is 31.2 Å².